The van der Waals surface area contributed by atoms with Crippen LogP contribution >= 0.6 is 0 Å². The van der Waals surface area contributed by atoms with Crippen molar-refractivity contribution in [2.24, 2.45) is 0 Å². The van der Waals surface area contributed by atoms with Crippen LogP contribution in [0.1, 0.15) is 11.1 Å². The van der Waals surface area contributed by atoms with Gasteiger partial charge in [0.1, 0.15) is 6.07 Å². The topological polar surface area (TPSA) is 49.2 Å². The Hall–Kier alpha value is -2.22. The summed E-state index contributed by atoms with van der Waals surface area (Å²) in [4.78, 5) is 6.73. The summed E-state index contributed by atoms with van der Waals surface area (Å²) in [6.45, 7) is 4.46. The maximum atomic E-state index is 9.20. The number of pyridine rings is 1. The molecule has 1 saturated heterocycles. The quantitative estimate of drug-likeness (QED) is 0.866. The Morgan fingerprint density at radius 1 is 1.19 bits per heavy atom. The molecule has 0 N–H and O–H groups in total. The van der Waals surface area contributed by atoms with Gasteiger partial charge in [-0.2, -0.15) is 5.26 Å². The highest BCUT2D eigenvalue weighted by Crippen LogP contribution is 2.22. The number of nitrogens with zero attached hydrogens (tertiary/aromatic N) is 3. The van der Waals surface area contributed by atoms with E-state index in [9.17, 15) is 5.26 Å². The van der Waals surface area contributed by atoms with E-state index in [-0.39, 0.29) is 0 Å². The van der Waals surface area contributed by atoms with Gasteiger partial charge in [0.2, 0.25) is 0 Å². The van der Waals surface area contributed by atoms with E-state index >= 15 is 0 Å². The van der Waals surface area contributed by atoms with Gasteiger partial charge in [0.25, 0.3) is 0 Å². The van der Waals surface area contributed by atoms with E-state index in [1.165, 1.54) is 5.56 Å². The van der Waals surface area contributed by atoms with E-state index in [1.54, 1.807) is 18.3 Å². The fraction of sp³-hybridized carbons (Fsp3) is 0.294. The van der Waals surface area contributed by atoms with Gasteiger partial charge in [-0.25, -0.2) is 0 Å². The van der Waals surface area contributed by atoms with Gasteiger partial charge >= 0.3 is 0 Å². The highest BCUT2D eigenvalue weighted by atomic mass is 16.5. The molecule has 4 nitrogen and oxygen atoms in total. The van der Waals surface area contributed by atoms with Gasteiger partial charge in [0.15, 0.2) is 0 Å². The monoisotopic (exact) mass is 279 g/mol. The van der Waals surface area contributed by atoms with Gasteiger partial charge in [-0.15, -0.1) is 0 Å². The number of hydrogen-bond donors (Lipinski definition) is 0. The Morgan fingerprint density at radius 2 is 2.05 bits per heavy atom. The first-order valence-electron chi connectivity index (χ1n) is 7.11. The molecule has 2 aromatic rings. The average Bonchev–Trinajstić information content (AvgIpc) is 2.56. The minimum atomic E-state index is 0.612. The molecule has 0 atom stereocenters. The van der Waals surface area contributed by atoms with Gasteiger partial charge in [-0.3, -0.25) is 9.88 Å². The first kappa shape index (κ1) is 13.7. The summed E-state index contributed by atoms with van der Waals surface area (Å²) >= 11 is 0. The Balaban J connectivity index is 1.84. The second kappa shape index (κ2) is 6.49. The van der Waals surface area contributed by atoms with E-state index in [4.69, 9.17) is 4.74 Å². The van der Waals surface area contributed by atoms with Gasteiger partial charge in [0.05, 0.1) is 24.5 Å². The summed E-state index contributed by atoms with van der Waals surface area (Å²) in [6, 6.07) is 14.1. The minimum absolute atomic E-state index is 0.612. The van der Waals surface area contributed by atoms with Gasteiger partial charge < -0.3 is 4.74 Å². The molecule has 4 heteroatoms. The van der Waals surface area contributed by atoms with Crippen LogP contribution < -0.4 is 0 Å². The number of ether oxygens (including phenoxy) is 1. The van der Waals surface area contributed by atoms with Crippen molar-refractivity contribution in [1.29, 1.82) is 5.26 Å². The van der Waals surface area contributed by atoms with Gasteiger partial charge in [0, 0.05) is 31.4 Å². The largest absolute Gasteiger partial charge is 0.379 e. The lowest BCUT2D eigenvalue weighted by molar-refractivity contribution is 0.0342. The molecule has 1 aliphatic heterocycles. The molecule has 3 rings (SSSR count). The van der Waals surface area contributed by atoms with Crippen molar-refractivity contribution < 1.29 is 4.74 Å². The molecule has 0 amide bonds. The predicted molar refractivity (Wildman–Crippen MR) is 80.5 cm³/mol. The molecule has 0 bridgehead atoms. The number of hydrogen-bond acceptors (Lipinski definition) is 4. The second-order valence-electron chi connectivity index (χ2n) is 5.10. The third-order valence-electron chi connectivity index (χ3n) is 3.64. The molecule has 2 heterocycles. The summed E-state index contributed by atoms with van der Waals surface area (Å²) in [5.41, 5.74) is 3.60. The molecule has 21 heavy (non-hydrogen) atoms. The number of rotatable bonds is 3. The van der Waals surface area contributed by atoms with Crippen LogP contribution in [-0.4, -0.2) is 36.2 Å². The second-order valence-corrected chi connectivity index (χ2v) is 5.10. The molecule has 1 aromatic heterocycles. The first-order chi connectivity index (χ1) is 10.4. The fourth-order valence-electron chi connectivity index (χ4n) is 2.56. The molecular weight excluding hydrogens is 262 g/mol. The number of morpholine rings is 1. The van der Waals surface area contributed by atoms with Crippen LogP contribution in [0.4, 0.5) is 0 Å². The van der Waals surface area contributed by atoms with Crippen molar-refractivity contribution in [3.8, 4) is 17.3 Å². The molecule has 106 valence electrons. The SMILES string of the molecule is N#Cc1cccnc1-c1cccc(CN2CCOCC2)c1. The summed E-state index contributed by atoms with van der Waals surface area (Å²) in [7, 11) is 0. The average molecular weight is 279 g/mol. The maximum absolute atomic E-state index is 9.20. The lowest BCUT2D eigenvalue weighted by atomic mass is 10.0. The molecule has 1 aliphatic rings. The molecule has 1 aromatic carbocycles. The first-order valence-corrected chi connectivity index (χ1v) is 7.11. The van der Waals surface area contributed by atoms with Crippen LogP contribution in [0.3, 0.4) is 0 Å². The Bertz CT molecular complexity index is 657. The fourth-order valence-corrected chi connectivity index (χ4v) is 2.56. The number of aromatic nitrogens is 1. The molecule has 0 saturated carbocycles. The third-order valence-corrected chi connectivity index (χ3v) is 3.64. The van der Waals surface area contributed by atoms with Crippen molar-refractivity contribution >= 4 is 0 Å². The van der Waals surface area contributed by atoms with E-state index in [0.29, 0.717) is 5.56 Å². The van der Waals surface area contributed by atoms with Crippen molar-refractivity contribution in [1.82, 2.24) is 9.88 Å². The summed E-state index contributed by atoms with van der Waals surface area (Å²) in [6.07, 6.45) is 1.73. The van der Waals surface area contributed by atoms with E-state index in [2.05, 4.69) is 28.1 Å². The van der Waals surface area contributed by atoms with Crippen LogP contribution in [0.2, 0.25) is 0 Å². The zero-order chi connectivity index (χ0) is 14.5. The normalized spacial score (nSPS) is 15.6. The van der Waals surface area contributed by atoms with Crippen LogP contribution in [0.15, 0.2) is 42.6 Å². The summed E-state index contributed by atoms with van der Waals surface area (Å²) < 4.78 is 5.37. The zero-order valence-electron chi connectivity index (χ0n) is 11.8. The van der Waals surface area contributed by atoms with E-state index < -0.39 is 0 Å². The van der Waals surface area contributed by atoms with Crippen LogP contribution in [0.5, 0.6) is 0 Å². The third kappa shape index (κ3) is 3.27. The Kier molecular flexibility index (Phi) is 4.25. The lowest BCUT2D eigenvalue weighted by Gasteiger charge is -2.26. The van der Waals surface area contributed by atoms with Crippen molar-refractivity contribution in [3.05, 3.63) is 53.7 Å². The molecule has 1 fully saturated rings. The summed E-state index contributed by atoms with van der Waals surface area (Å²) in [5.74, 6) is 0. The summed E-state index contributed by atoms with van der Waals surface area (Å²) in [5, 5.41) is 9.20. The van der Waals surface area contributed by atoms with Crippen LogP contribution in [0, 0.1) is 11.3 Å². The smallest absolute Gasteiger partial charge is 0.101 e. The van der Waals surface area contributed by atoms with Crippen LogP contribution in [0.25, 0.3) is 11.3 Å². The van der Waals surface area contributed by atoms with Crippen molar-refractivity contribution in [2.75, 3.05) is 26.3 Å². The van der Waals surface area contributed by atoms with Crippen LogP contribution in [-0.2, 0) is 11.3 Å². The van der Waals surface area contributed by atoms with Crippen molar-refractivity contribution in [2.45, 2.75) is 6.54 Å². The molecule has 0 aliphatic carbocycles. The maximum Gasteiger partial charge on any atom is 0.101 e. The molecule has 0 radical (unpaired) electrons. The molecular formula is C17H17N3O. The van der Waals surface area contributed by atoms with E-state index in [1.807, 2.05) is 12.1 Å². The highest BCUT2D eigenvalue weighted by Gasteiger charge is 2.12. The minimum Gasteiger partial charge on any atom is -0.379 e. The van der Waals surface area contributed by atoms with Gasteiger partial charge in [-0.1, -0.05) is 18.2 Å². The molecule has 0 spiro atoms. The Morgan fingerprint density at radius 3 is 2.86 bits per heavy atom. The zero-order valence-corrected chi connectivity index (χ0v) is 11.8. The molecule has 0 unspecified atom stereocenters. The van der Waals surface area contributed by atoms with E-state index in [0.717, 1.165) is 44.1 Å². The highest BCUT2D eigenvalue weighted by molar-refractivity contribution is 5.66. The number of nitriles is 1. The van der Waals surface area contributed by atoms with Crippen molar-refractivity contribution in [3.63, 3.8) is 0 Å². The predicted octanol–water partition coefficient (Wildman–Crippen LogP) is 2.45. The number of benzene rings is 1. The van der Waals surface area contributed by atoms with Gasteiger partial charge in [-0.05, 0) is 23.8 Å². The standard InChI is InChI=1S/C17H17N3O/c18-12-16-5-2-6-19-17(16)15-4-1-3-14(11-15)13-20-7-9-21-10-8-20/h1-6,11H,7-10,13H2. The Labute approximate surface area is 124 Å². The lowest BCUT2D eigenvalue weighted by Crippen LogP contribution is -2.35.